The molecule has 0 aromatic heterocycles. The summed E-state index contributed by atoms with van der Waals surface area (Å²) in [5.41, 5.74) is -0.643. The molecule has 0 spiro atoms. The average Bonchev–Trinajstić information content (AvgIpc) is 2.15. The van der Waals surface area contributed by atoms with E-state index in [-0.39, 0.29) is 6.42 Å². The molecule has 0 N–H and O–H groups in total. The first kappa shape index (κ1) is 16.3. The van der Waals surface area contributed by atoms with Crippen molar-refractivity contribution in [1.82, 2.24) is 0 Å². The van der Waals surface area contributed by atoms with E-state index < -0.39 is 29.6 Å². The molecule has 0 aromatic carbocycles. The van der Waals surface area contributed by atoms with Crippen molar-refractivity contribution < 1.29 is 22.7 Å². The van der Waals surface area contributed by atoms with Gasteiger partial charge in [0, 0.05) is 0 Å². The minimum absolute atomic E-state index is 0.199. The predicted molar refractivity (Wildman–Crippen MR) is 59.5 cm³/mol. The highest BCUT2D eigenvalue weighted by Crippen LogP contribution is 2.30. The summed E-state index contributed by atoms with van der Waals surface area (Å²) in [5, 5.41) is 0. The van der Waals surface area contributed by atoms with Gasteiger partial charge in [0.05, 0.1) is 17.4 Å². The highest BCUT2D eigenvalue weighted by atomic mass is 19.4. The molecule has 2 atom stereocenters. The molecule has 0 heterocycles. The van der Waals surface area contributed by atoms with Crippen LogP contribution < -0.4 is 0 Å². The molecule has 0 fully saturated rings. The molecule has 0 saturated heterocycles. The number of carbonyl (C=O) groups excluding carboxylic acids is 1. The van der Waals surface area contributed by atoms with Crippen LogP contribution in [0.5, 0.6) is 0 Å². The summed E-state index contributed by atoms with van der Waals surface area (Å²) in [7, 11) is 0. The predicted octanol–water partition coefficient (Wildman–Crippen LogP) is 3.94. The van der Waals surface area contributed by atoms with Gasteiger partial charge in [-0.05, 0) is 33.6 Å². The van der Waals surface area contributed by atoms with E-state index >= 15 is 0 Å². The maximum atomic E-state index is 12.3. The second-order valence-electron chi connectivity index (χ2n) is 5.13. The summed E-state index contributed by atoms with van der Waals surface area (Å²) in [4.78, 5) is 11.6. The monoisotopic (exact) mass is 254 g/mol. The highest BCUT2D eigenvalue weighted by Gasteiger charge is 2.38. The molecule has 0 aliphatic heterocycles. The van der Waals surface area contributed by atoms with E-state index in [9.17, 15) is 18.0 Å². The summed E-state index contributed by atoms with van der Waals surface area (Å²) in [6.07, 6.45) is -4.56. The van der Waals surface area contributed by atoms with E-state index in [2.05, 4.69) is 0 Å². The molecule has 0 radical (unpaired) electrons. The zero-order valence-electron chi connectivity index (χ0n) is 11.0. The van der Waals surface area contributed by atoms with Crippen molar-refractivity contribution in [3.63, 3.8) is 0 Å². The van der Waals surface area contributed by atoms with Crippen LogP contribution in [0.2, 0.25) is 0 Å². The lowest BCUT2D eigenvalue weighted by molar-refractivity contribution is -0.183. The summed E-state index contributed by atoms with van der Waals surface area (Å²) in [5.74, 6) is -1.91. The van der Waals surface area contributed by atoms with E-state index in [1.165, 1.54) is 6.92 Å². The molecule has 2 nitrogen and oxygen atoms in total. The standard InChI is InChI=1S/C12H21F3O2/c1-6-11(4,5)10(16)17-9(3)7-8(2)12(13,14)15/h8-9H,6-7H2,1-5H3. The number of halogens is 3. The second-order valence-corrected chi connectivity index (χ2v) is 5.13. The Morgan fingerprint density at radius 1 is 1.24 bits per heavy atom. The van der Waals surface area contributed by atoms with Crippen LogP contribution in [0, 0.1) is 11.3 Å². The molecule has 0 amide bonds. The largest absolute Gasteiger partial charge is 0.462 e. The molecule has 17 heavy (non-hydrogen) atoms. The van der Waals surface area contributed by atoms with Gasteiger partial charge in [-0.15, -0.1) is 0 Å². The number of hydrogen-bond donors (Lipinski definition) is 0. The molecule has 0 saturated carbocycles. The first-order valence-corrected chi connectivity index (χ1v) is 5.78. The van der Waals surface area contributed by atoms with Crippen LogP contribution in [0.4, 0.5) is 13.2 Å². The van der Waals surface area contributed by atoms with Gasteiger partial charge in [-0.25, -0.2) is 0 Å². The fourth-order valence-corrected chi connectivity index (χ4v) is 1.17. The number of carbonyl (C=O) groups is 1. The SMILES string of the molecule is CCC(C)(C)C(=O)OC(C)CC(C)C(F)(F)F. The number of ether oxygens (including phenoxy) is 1. The minimum Gasteiger partial charge on any atom is -0.462 e. The zero-order valence-corrected chi connectivity index (χ0v) is 11.0. The van der Waals surface area contributed by atoms with Gasteiger partial charge in [0.25, 0.3) is 0 Å². The van der Waals surface area contributed by atoms with Crippen LogP contribution in [0.1, 0.15) is 47.5 Å². The highest BCUT2D eigenvalue weighted by molar-refractivity contribution is 5.75. The lowest BCUT2D eigenvalue weighted by Crippen LogP contribution is -2.31. The maximum Gasteiger partial charge on any atom is 0.391 e. The Morgan fingerprint density at radius 2 is 1.71 bits per heavy atom. The van der Waals surface area contributed by atoms with Crippen molar-refractivity contribution in [2.24, 2.45) is 11.3 Å². The molecular formula is C12H21F3O2. The fourth-order valence-electron chi connectivity index (χ4n) is 1.17. The second kappa shape index (κ2) is 5.74. The van der Waals surface area contributed by atoms with E-state index in [4.69, 9.17) is 4.74 Å². The van der Waals surface area contributed by atoms with Crippen molar-refractivity contribution in [2.45, 2.75) is 59.7 Å². The summed E-state index contributed by atoms with van der Waals surface area (Å²) in [6, 6.07) is 0. The maximum absolute atomic E-state index is 12.3. The fraction of sp³-hybridized carbons (Fsp3) is 0.917. The lowest BCUT2D eigenvalue weighted by Gasteiger charge is -2.25. The third-order valence-corrected chi connectivity index (χ3v) is 2.99. The molecule has 0 aliphatic rings. The number of rotatable bonds is 5. The van der Waals surface area contributed by atoms with Gasteiger partial charge in [0.2, 0.25) is 0 Å². The first-order valence-electron chi connectivity index (χ1n) is 5.78. The number of esters is 1. The van der Waals surface area contributed by atoms with Crippen molar-refractivity contribution >= 4 is 5.97 Å². The summed E-state index contributed by atoms with van der Waals surface area (Å²) >= 11 is 0. The van der Waals surface area contributed by atoms with Gasteiger partial charge in [-0.1, -0.05) is 13.8 Å². The van der Waals surface area contributed by atoms with Crippen molar-refractivity contribution in [1.29, 1.82) is 0 Å². The van der Waals surface area contributed by atoms with Gasteiger partial charge in [-0.2, -0.15) is 13.2 Å². The molecule has 0 aromatic rings. The average molecular weight is 254 g/mol. The van der Waals surface area contributed by atoms with Gasteiger partial charge >= 0.3 is 12.1 Å². The Morgan fingerprint density at radius 3 is 2.06 bits per heavy atom. The van der Waals surface area contributed by atoms with Crippen LogP contribution in [0.25, 0.3) is 0 Å². The Bertz CT molecular complexity index is 259. The van der Waals surface area contributed by atoms with Gasteiger partial charge in [0.15, 0.2) is 0 Å². The van der Waals surface area contributed by atoms with Crippen LogP contribution in [0.3, 0.4) is 0 Å². The Kier molecular flexibility index (Phi) is 5.49. The zero-order chi connectivity index (χ0) is 13.9. The smallest absolute Gasteiger partial charge is 0.391 e. The summed E-state index contributed by atoms with van der Waals surface area (Å²) in [6.45, 7) is 7.86. The molecular weight excluding hydrogens is 233 g/mol. The van der Waals surface area contributed by atoms with E-state index in [0.29, 0.717) is 6.42 Å². The third-order valence-electron chi connectivity index (χ3n) is 2.99. The molecule has 102 valence electrons. The van der Waals surface area contributed by atoms with Crippen molar-refractivity contribution in [2.75, 3.05) is 0 Å². The normalized spacial score (nSPS) is 16.5. The topological polar surface area (TPSA) is 26.3 Å². The van der Waals surface area contributed by atoms with Crippen molar-refractivity contribution in [3.05, 3.63) is 0 Å². The van der Waals surface area contributed by atoms with E-state index in [0.717, 1.165) is 6.92 Å². The minimum atomic E-state index is -4.24. The van der Waals surface area contributed by atoms with Gasteiger partial charge in [-0.3, -0.25) is 4.79 Å². The quantitative estimate of drug-likeness (QED) is 0.694. The van der Waals surface area contributed by atoms with Crippen molar-refractivity contribution in [3.8, 4) is 0 Å². The molecule has 5 heteroatoms. The Balaban J connectivity index is 4.29. The first-order chi connectivity index (χ1) is 7.50. The van der Waals surface area contributed by atoms with Crippen LogP contribution in [-0.2, 0) is 9.53 Å². The van der Waals surface area contributed by atoms with Crippen LogP contribution >= 0.6 is 0 Å². The van der Waals surface area contributed by atoms with Crippen LogP contribution in [-0.4, -0.2) is 18.2 Å². The van der Waals surface area contributed by atoms with E-state index in [1.54, 1.807) is 13.8 Å². The number of alkyl halides is 3. The van der Waals surface area contributed by atoms with Gasteiger partial charge < -0.3 is 4.74 Å². The Labute approximate surface area is 101 Å². The molecule has 0 bridgehead atoms. The van der Waals surface area contributed by atoms with E-state index in [1.807, 2.05) is 6.92 Å². The van der Waals surface area contributed by atoms with Crippen LogP contribution in [0.15, 0.2) is 0 Å². The third kappa shape index (κ3) is 5.41. The van der Waals surface area contributed by atoms with Gasteiger partial charge in [0.1, 0.15) is 0 Å². The summed E-state index contributed by atoms with van der Waals surface area (Å²) < 4.78 is 42.0. The lowest BCUT2D eigenvalue weighted by atomic mass is 9.90. The molecule has 0 rings (SSSR count). The molecule has 0 aliphatic carbocycles. The molecule has 2 unspecified atom stereocenters. The number of hydrogen-bond acceptors (Lipinski definition) is 2. The Hall–Kier alpha value is -0.740.